The zero-order valence-corrected chi connectivity index (χ0v) is 19.8. The Labute approximate surface area is 194 Å². The highest BCUT2D eigenvalue weighted by atomic mass is 32.2. The smallest absolute Gasteiger partial charge is 0.337 e. The number of ether oxygens (including phenoxy) is 1. The van der Waals surface area contributed by atoms with Gasteiger partial charge in [0, 0.05) is 5.69 Å². The van der Waals surface area contributed by atoms with Gasteiger partial charge in [-0.2, -0.15) is 0 Å². The Bertz CT molecular complexity index is 1270. The maximum absolute atomic E-state index is 13.5. The Balaban J connectivity index is 1.92. The van der Waals surface area contributed by atoms with Crippen LogP contribution in [0.25, 0.3) is 0 Å². The van der Waals surface area contributed by atoms with Gasteiger partial charge in [-0.05, 0) is 68.8 Å². The fraction of sp³-hybridized carbons (Fsp3) is 0.200. The second-order valence-corrected chi connectivity index (χ2v) is 9.59. The molecule has 7 nitrogen and oxygen atoms in total. The number of amides is 1. The summed E-state index contributed by atoms with van der Waals surface area (Å²) < 4.78 is 32.8. The van der Waals surface area contributed by atoms with E-state index >= 15 is 0 Å². The second kappa shape index (κ2) is 9.87. The summed E-state index contributed by atoms with van der Waals surface area (Å²) in [6, 6.07) is 18.0. The summed E-state index contributed by atoms with van der Waals surface area (Å²) in [7, 11) is -2.72. The summed E-state index contributed by atoms with van der Waals surface area (Å²) in [5.74, 6) is -1.01. The Morgan fingerprint density at radius 3 is 2.06 bits per heavy atom. The van der Waals surface area contributed by atoms with Gasteiger partial charge in [-0.1, -0.05) is 35.4 Å². The number of rotatable bonds is 7. The van der Waals surface area contributed by atoms with Crippen molar-refractivity contribution >= 4 is 33.3 Å². The molecule has 0 fully saturated rings. The van der Waals surface area contributed by atoms with Gasteiger partial charge in [0.1, 0.15) is 6.54 Å². The third kappa shape index (κ3) is 5.59. The van der Waals surface area contributed by atoms with Crippen LogP contribution >= 0.6 is 0 Å². The van der Waals surface area contributed by atoms with Crippen LogP contribution in [0.4, 0.5) is 11.4 Å². The summed E-state index contributed by atoms with van der Waals surface area (Å²) in [4.78, 5) is 24.6. The van der Waals surface area contributed by atoms with Crippen LogP contribution in [0.5, 0.6) is 0 Å². The Morgan fingerprint density at radius 1 is 0.879 bits per heavy atom. The zero-order valence-electron chi connectivity index (χ0n) is 19.0. The summed E-state index contributed by atoms with van der Waals surface area (Å²) in [5, 5.41) is 2.69. The molecule has 33 heavy (non-hydrogen) atoms. The average molecular weight is 467 g/mol. The molecule has 0 atom stereocenters. The van der Waals surface area contributed by atoms with Gasteiger partial charge < -0.3 is 10.1 Å². The van der Waals surface area contributed by atoms with Crippen LogP contribution in [0.3, 0.4) is 0 Å². The molecule has 0 spiro atoms. The van der Waals surface area contributed by atoms with Crippen LogP contribution in [-0.2, 0) is 19.6 Å². The van der Waals surface area contributed by atoms with E-state index in [1.54, 1.807) is 30.3 Å². The van der Waals surface area contributed by atoms with Crippen LogP contribution < -0.4 is 9.62 Å². The van der Waals surface area contributed by atoms with Gasteiger partial charge in [-0.25, -0.2) is 13.2 Å². The molecule has 3 aromatic carbocycles. The molecule has 3 aromatic rings. The highest BCUT2D eigenvalue weighted by Crippen LogP contribution is 2.28. The first kappa shape index (κ1) is 24.0. The van der Waals surface area contributed by atoms with Crippen molar-refractivity contribution in [3.63, 3.8) is 0 Å². The molecular formula is C25H26N2O5S. The van der Waals surface area contributed by atoms with Gasteiger partial charge in [0.25, 0.3) is 10.0 Å². The van der Waals surface area contributed by atoms with Gasteiger partial charge in [-0.3, -0.25) is 9.10 Å². The number of aryl methyl sites for hydroxylation is 3. The Morgan fingerprint density at radius 2 is 1.48 bits per heavy atom. The van der Waals surface area contributed by atoms with Crippen molar-refractivity contribution in [2.45, 2.75) is 25.7 Å². The molecule has 0 saturated carbocycles. The van der Waals surface area contributed by atoms with Crippen molar-refractivity contribution < 1.29 is 22.7 Å². The largest absolute Gasteiger partial charge is 0.465 e. The number of benzene rings is 3. The molecule has 1 N–H and O–H groups in total. The third-order valence-electron chi connectivity index (χ3n) is 5.11. The zero-order chi connectivity index (χ0) is 24.2. The number of hydrogen-bond acceptors (Lipinski definition) is 5. The van der Waals surface area contributed by atoms with Crippen LogP contribution in [0.2, 0.25) is 0 Å². The molecular weight excluding hydrogens is 440 g/mol. The van der Waals surface area contributed by atoms with Crippen molar-refractivity contribution in [1.29, 1.82) is 0 Å². The van der Waals surface area contributed by atoms with E-state index in [0.717, 1.165) is 21.0 Å². The van der Waals surface area contributed by atoms with E-state index in [-0.39, 0.29) is 4.90 Å². The Kier molecular flexibility index (Phi) is 7.18. The van der Waals surface area contributed by atoms with E-state index in [4.69, 9.17) is 0 Å². The number of esters is 1. The minimum atomic E-state index is -4.00. The number of methoxy groups -OCH3 is 1. The molecule has 172 valence electrons. The molecule has 1 amide bonds. The predicted molar refractivity (Wildman–Crippen MR) is 128 cm³/mol. The monoisotopic (exact) mass is 466 g/mol. The van der Waals surface area contributed by atoms with E-state index in [9.17, 15) is 18.0 Å². The molecule has 0 aliphatic heterocycles. The summed E-state index contributed by atoms with van der Waals surface area (Å²) in [6.07, 6.45) is 0. The minimum absolute atomic E-state index is 0.100. The van der Waals surface area contributed by atoms with E-state index in [1.807, 2.05) is 32.9 Å². The van der Waals surface area contributed by atoms with Crippen molar-refractivity contribution in [3.8, 4) is 0 Å². The lowest BCUT2D eigenvalue weighted by Crippen LogP contribution is -2.38. The van der Waals surface area contributed by atoms with Crippen molar-refractivity contribution in [2.75, 3.05) is 23.3 Å². The quantitative estimate of drug-likeness (QED) is 0.526. The number of nitrogens with one attached hydrogen (secondary N) is 1. The average Bonchev–Trinajstić information content (AvgIpc) is 2.78. The van der Waals surface area contributed by atoms with E-state index in [2.05, 4.69) is 10.1 Å². The number of nitrogens with zero attached hydrogens (tertiary/aromatic N) is 1. The highest BCUT2D eigenvalue weighted by molar-refractivity contribution is 7.92. The van der Waals surface area contributed by atoms with E-state index < -0.39 is 28.4 Å². The molecule has 0 bridgehead atoms. The van der Waals surface area contributed by atoms with Crippen molar-refractivity contribution in [2.24, 2.45) is 0 Å². The highest BCUT2D eigenvalue weighted by Gasteiger charge is 2.28. The molecule has 0 heterocycles. The van der Waals surface area contributed by atoms with Crippen LogP contribution in [0.15, 0.2) is 71.6 Å². The number of sulfonamides is 1. The second-order valence-electron chi connectivity index (χ2n) is 7.73. The van der Waals surface area contributed by atoms with Gasteiger partial charge in [0.2, 0.25) is 5.91 Å². The number of anilines is 2. The van der Waals surface area contributed by atoms with E-state index in [0.29, 0.717) is 16.9 Å². The molecule has 0 radical (unpaired) electrons. The fourth-order valence-electron chi connectivity index (χ4n) is 3.36. The standard InChI is InChI=1S/C25H26N2O5S/c1-17-5-12-22(13-6-17)33(30,31)27(23-14-7-18(2)15-19(23)3)16-24(28)26-21-10-8-20(9-11-21)25(29)32-4/h5-15H,16H2,1-4H3,(H,26,28). The van der Waals surface area contributed by atoms with Gasteiger partial charge in [-0.15, -0.1) is 0 Å². The molecule has 0 saturated heterocycles. The van der Waals surface area contributed by atoms with E-state index in [1.165, 1.54) is 31.4 Å². The maximum atomic E-state index is 13.5. The van der Waals surface area contributed by atoms with Gasteiger partial charge in [0.15, 0.2) is 0 Å². The lowest BCUT2D eigenvalue weighted by molar-refractivity contribution is -0.114. The first-order valence-electron chi connectivity index (χ1n) is 10.3. The van der Waals surface area contributed by atoms with Crippen molar-refractivity contribution in [3.05, 3.63) is 89.0 Å². The number of carbonyl (C=O) groups excluding carboxylic acids is 2. The molecule has 0 aromatic heterocycles. The SMILES string of the molecule is COC(=O)c1ccc(NC(=O)CN(c2ccc(C)cc2C)S(=O)(=O)c2ccc(C)cc2)cc1. The minimum Gasteiger partial charge on any atom is -0.465 e. The third-order valence-corrected chi connectivity index (χ3v) is 6.88. The number of carbonyl (C=O) groups is 2. The molecule has 0 aliphatic carbocycles. The first-order chi connectivity index (χ1) is 15.6. The van der Waals surface area contributed by atoms with Crippen LogP contribution in [0.1, 0.15) is 27.0 Å². The predicted octanol–water partition coefficient (Wildman–Crippen LogP) is 4.23. The fourth-order valence-corrected chi connectivity index (χ4v) is 4.85. The topological polar surface area (TPSA) is 92.8 Å². The van der Waals surface area contributed by atoms with Crippen molar-refractivity contribution in [1.82, 2.24) is 0 Å². The van der Waals surface area contributed by atoms with Gasteiger partial charge >= 0.3 is 5.97 Å². The lowest BCUT2D eigenvalue weighted by Gasteiger charge is -2.26. The normalized spacial score (nSPS) is 11.0. The van der Waals surface area contributed by atoms with Crippen LogP contribution in [0, 0.1) is 20.8 Å². The molecule has 0 unspecified atom stereocenters. The molecule has 0 aliphatic rings. The summed E-state index contributed by atoms with van der Waals surface area (Å²) >= 11 is 0. The molecule has 8 heteroatoms. The summed E-state index contributed by atoms with van der Waals surface area (Å²) in [6.45, 7) is 5.18. The first-order valence-corrected chi connectivity index (χ1v) is 11.7. The van der Waals surface area contributed by atoms with Gasteiger partial charge in [0.05, 0.1) is 23.3 Å². The van der Waals surface area contributed by atoms with Crippen LogP contribution in [-0.4, -0.2) is 33.9 Å². The summed E-state index contributed by atoms with van der Waals surface area (Å²) in [5.41, 5.74) is 3.85. The Hall–Kier alpha value is -3.65. The number of hydrogen-bond donors (Lipinski definition) is 1. The lowest BCUT2D eigenvalue weighted by atomic mass is 10.1. The maximum Gasteiger partial charge on any atom is 0.337 e. The molecule has 3 rings (SSSR count).